The van der Waals surface area contributed by atoms with Gasteiger partial charge in [0.05, 0.1) is 7.11 Å². The summed E-state index contributed by atoms with van der Waals surface area (Å²) in [4.78, 5) is 0. The van der Waals surface area contributed by atoms with Crippen molar-refractivity contribution in [3.63, 3.8) is 0 Å². The van der Waals surface area contributed by atoms with E-state index in [1.165, 1.54) is 13.2 Å². The highest BCUT2D eigenvalue weighted by atomic mass is 19.1. The Hall–Kier alpha value is -1.13. The molecule has 4 heteroatoms. The van der Waals surface area contributed by atoms with Gasteiger partial charge in [-0.2, -0.15) is 0 Å². The summed E-state index contributed by atoms with van der Waals surface area (Å²) in [7, 11) is 1.42. The lowest BCUT2D eigenvalue weighted by Crippen LogP contribution is -2.08. The van der Waals surface area contributed by atoms with Crippen LogP contribution in [-0.4, -0.2) is 12.3 Å². The number of aryl methyl sites for hydroxylation is 1. The lowest BCUT2D eigenvalue weighted by Gasteiger charge is -2.08. The van der Waals surface area contributed by atoms with Gasteiger partial charge < -0.3 is 9.94 Å². The van der Waals surface area contributed by atoms with E-state index in [2.05, 4.69) is 0 Å². The minimum absolute atomic E-state index is 0.221. The molecule has 1 aromatic rings. The molecule has 13 heavy (non-hydrogen) atoms. The van der Waals surface area contributed by atoms with Gasteiger partial charge in [-0.1, -0.05) is 0 Å². The van der Waals surface area contributed by atoms with Gasteiger partial charge in [0, 0.05) is 6.54 Å². The van der Waals surface area contributed by atoms with E-state index < -0.39 is 5.82 Å². The summed E-state index contributed by atoms with van der Waals surface area (Å²) >= 11 is 0. The Balaban J connectivity index is 3.05. The van der Waals surface area contributed by atoms with Gasteiger partial charge in [0.2, 0.25) is 0 Å². The van der Waals surface area contributed by atoms with E-state index in [0.29, 0.717) is 5.56 Å². The van der Waals surface area contributed by atoms with Gasteiger partial charge in [-0.05, 0) is 30.2 Å². The molecule has 0 radical (unpaired) electrons. The van der Waals surface area contributed by atoms with Crippen molar-refractivity contribution in [2.45, 2.75) is 13.5 Å². The Kier molecular flexibility index (Phi) is 3.22. The fourth-order valence-corrected chi connectivity index (χ4v) is 1.13. The Labute approximate surface area is 76.1 Å². The SMILES string of the molecule is COc1cc(C)c(CNO)cc1F. The third kappa shape index (κ3) is 2.17. The summed E-state index contributed by atoms with van der Waals surface area (Å²) in [6.45, 7) is 2.06. The van der Waals surface area contributed by atoms with E-state index in [0.717, 1.165) is 5.56 Å². The molecular weight excluding hydrogens is 173 g/mol. The van der Waals surface area contributed by atoms with E-state index in [1.807, 2.05) is 12.4 Å². The van der Waals surface area contributed by atoms with E-state index in [9.17, 15) is 4.39 Å². The second-order valence-electron chi connectivity index (χ2n) is 2.75. The highest BCUT2D eigenvalue weighted by Gasteiger charge is 2.06. The first-order chi connectivity index (χ1) is 6.19. The summed E-state index contributed by atoms with van der Waals surface area (Å²) in [6.07, 6.45) is 0. The van der Waals surface area contributed by atoms with Crippen molar-refractivity contribution in [1.82, 2.24) is 5.48 Å². The Bertz CT molecular complexity index is 302. The number of halogens is 1. The number of hydrogen-bond acceptors (Lipinski definition) is 3. The smallest absolute Gasteiger partial charge is 0.165 e. The normalized spacial score (nSPS) is 10.2. The molecule has 0 spiro atoms. The van der Waals surface area contributed by atoms with Crippen LogP contribution in [0.15, 0.2) is 12.1 Å². The molecule has 1 aromatic carbocycles. The summed E-state index contributed by atoms with van der Waals surface area (Å²) in [6, 6.07) is 2.94. The molecule has 0 saturated heterocycles. The molecule has 0 saturated carbocycles. The summed E-state index contributed by atoms with van der Waals surface area (Å²) in [5.74, 6) is -0.197. The third-order valence-electron chi connectivity index (χ3n) is 1.88. The maximum absolute atomic E-state index is 13.1. The molecule has 1 rings (SSSR count). The molecule has 0 aliphatic carbocycles. The van der Waals surface area contributed by atoms with E-state index in [1.54, 1.807) is 6.07 Å². The molecule has 0 heterocycles. The average molecular weight is 185 g/mol. The van der Waals surface area contributed by atoms with Crippen LogP contribution in [0.4, 0.5) is 4.39 Å². The predicted octanol–water partition coefficient (Wildman–Crippen LogP) is 1.62. The van der Waals surface area contributed by atoms with E-state index in [-0.39, 0.29) is 12.3 Å². The summed E-state index contributed by atoms with van der Waals surface area (Å²) in [5.41, 5.74) is 3.57. The average Bonchev–Trinajstić information content (AvgIpc) is 2.11. The second-order valence-corrected chi connectivity index (χ2v) is 2.75. The van der Waals surface area contributed by atoms with Gasteiger partial charge in [0.25, 0.3) is 0 Å². The highest BCUT2D eigenvalue weighted by Crippen LogP contribution is 2.21. The van der Waals surface area contributed by atoms with E-state index >= 15 is 0 Å². The monoisotopic (exact) mass is 185 g/mol. The number of hydrogen-bond donors (Lipinski definition) is 2. The summed E-state index contributed by atoms with van der Waals surface area (Å²) in [5, 5.41) is 8.46. The largest absolute Gasteiger partial charge is 0.494 e. The first kappa shape index (κ1) is 9.95. The Morgan fingerprint density at radius 2 is 2.23 bits per heavy atom. The number of hydroxylamine groups is 1. The lowest BCUT2D eigenvalue weighted by molar-refractivity contribution is 0.161. The van der Waals surface area contributed by atoms with Crippen LogP contribution in [0.3, 0.4) is 0 Å². The van der Waals surface area contributed by atoms with Crippen LogP contribution in [0.5, 0.6) is 5.75 Å². The highest BCUT2D eigenvalue weighted by molar-refractivity contribution is 5.36. The standard InChI is InChI=1S/C9H12FNO2/c1-6-3-9(13-2)8(10)4-7(6)5-11-12/h3-4,11-12H,5H2,1-2H3. The fourth-order valence-electron chi connectivity index (χ4n) is 1.13. The number of methoxy groups -OCH3 is 1. The molecule has 0 aliphatic heterocycles. The predicted molar refractivity (Wildman–Crippen MR) is 46.3 cm³/mol. The Morgan fingerprint density at radius 1 is 1.54 bits per heavy atom. The fraction of sp³-hybridized carbons (Fsp3) is 0.333. The van der Waals surface area contributed by atoms with Gasteiger partial charge in [-0.15, -0.1) is 0 Å². The van der Waals surface area contributed by atoms with Gasteiger partial charge in [-0.25, -0.2) is 9.87 Å². The number of benzene rings is 1. The minimum atomic E-state index is -0.418. The van der Waals surface area contributed by atoms with Gasteiger partial charge >= 0.3 is 0 Å². The zero-order valence-corrected chi connectivity index (χ0v) is 7.60. The molecular formula is C9H12FNO2. The molecule has 72 valence electrons. The van der Waals surface area contributed by atoms with Crippen molar-refractivity contribution in [3.8, 4) is 5.75 Å². The molecule has 0 fully saturated rings. The molecule has 0 aromatic heterocycles. The zero-order valence-electron chi connectivity index (χ0n) is 7.60. The van der Waals surface area contributed by atoms with Gasteiger partial charge in [0.15, 0.2) is 11.6 Å². The van der Waals surface area contributed by atoms with Crippen LogP contribution in [-0.2, 0) is 6.54 Å². The minimum Gasteiger partial charge on any atom is -0.494 e. The Morgan fingerprint density at radius 3 is 2.77 bits per heavy atom. The third-order valence-corrected chi connectivity index (χ3v) is 1.88. The van der Waals surface area contributed by atoms with Crippen molar-refractivity contribution >= 4 is 0 Å². The number of rotatable bonds is 3. The number of ether oxygens (including phenoxy) is 1. The van der Waals surface area contributed by atoms with Crippen LogP contribution >= 0.6 is 0 Å². The van der Waals surface area contributed by atoms with Crippen LogP contribution in [0, 0.1) is 12.7 Å². The first-order valence-corrected chi connectivity index (χ1v) is 3.89. The topological polar surface area (TPSA) is 41.5 Å². The lowest BCUT2D eigenvalue weighted by atomic mass is 10.1. The van der Waals surface area contributed by atoms with Crippen LogP contribution in [0.2, 0.25) is 0 Å². The second kappa shape index (κ2) is 4.20. The van der Waals surface area contributed by atoms with Crippen LogP contribution in [0.25, 0.3) is 0 Å². The number of nitrogens with one attached hydrogen (secondary N) is 1. The molecule has 0 aliphatic rings. The maximum atomic E-state index is 13.1. The first-order valence-electron chi connectivity index (χ1n) is 3.89. The molecule has 3 nitrogen and oxygen atoms in total. The zero-order chi connectivity index (χ0) is 9.84. The van der Waals surface area contributed by atoms with Crippen molar-refractivity contribution in [1.29, 1.82) is 0 Å². The molecule has 0 atom stereocenters. The van der Waals surface area contributed by atoms with Crippen molar-refractivity contribution < 1.29 is 14.3 Å². The van der Waals surface area contributed by atoms with Crippen LogP contribution in [0.1, 0.15) is 11.1 Å². The van der Waals surface area contributed by atoms with Crippen molar-refractivity contribution in [3.05, 3.63) is 29.1 Å². The van der Waals surface area contributed by atoms with Gasteiger partial charge in [0.1, 0.15) is 0 Å². The van der Waals surface area contributed by atoms with Crippen molar-refractivity contribution in [2.75, 3.05) is 7.11 Å². The summed E-state index contributed by atoms with van der Waals surface area (Å²) < 4.78 is 17.9. The van der Waals surface area contributed by atoms with Crippen LogP contribution < -0.4 is 10.2 Å². The molecule has 0 unspecified atom stereocenters. The van der Waals surface area contributed by atoms with E-state index in [4.69, 9.17) is 9.94 Å². The molecule has 0 amide bonds. The molecule has 2 N–H and O–H groups in total. The van der Waals surface area contributed by atoms with Gasteiger partial charge in [-0.3, -0.25) is 0 Å². The maximum Gasteiger partial charge on any atom is 0.165 e. The van der Waals surface area contributed by atoms with Crippen molar-refractivity contribution in [2.24, 2.45) is 0 Å². The quantitative estimate of drug-likeness (QED) is 0.703. The molecule has 0 bridgehead atoms.